The van der Waals surface area contributed by atoms with Crippen LogP contribution in [0.3, 0.4) is 0 Å². The van der Waals surface area contributed by atoms with Gasteiger partial charge in [0, 0.05) is 45.0 Å². The van der Waals surface area contributed by atoms with Crippen LogP contribution in [0.5, 0.6) is 5.75 Å². The van der Waals surface area contributed by atoms with Crippen LogP contribution in [0.2, 0.25) is 0 Å². The molecule has 3 rings (SSSR count). The van der Waals surface area contributed by atoms with Crippen molar-refractivity contribution >= 4 is 23.3 Å². The van der Waals surface area contributed by atoms with Gasteiger partial charge >= 0.3 is 6.03 Å². The lowest BCUT2D eigenvalue weighted by atomic mass is 10.0. The third-order valence-corrected chi connectivity index (χ3v) is 5.76. The Balaban J connectivity index is 1.82. The number of anilines is 2. The first kappa shape index (κ1) is 24.5. The van der Waals surface area contributed by atoms with Gasteiger partial charge in [0.1, 0.15) is 23.7 Å². The molecule has 0 saturated heterocycles. The fourth-order valence-electron chi connectivity index (χ4n) is 3.67. The Morgan fingerprint density at radius 1 is 1.27 bits per heavy atom. The number of ether oxygens (including phenoxy) is 2. The maximum absolute atomic E-state index is 13.2. The summed E-state index contributed by atoms with van der Waals surface area (Å²) >= 11 is 0. The molecule has 3 amide bonds. The van der Waals surface area contributed by atoms with E-state index in [-0.39, 0.29) is 24.0 Å². The van der Waals surface area contributed by atoms with Crippen molar-refractivity contribution in [3.05, 3.63) is 35.2 Å². The molecule has 3 atom stereocenters. The minimum Gasteiger partial charge on any atom is -0.491 e. The molecule has 0 bridgehead atoms. The van der Waals surface area contributed by atoms with E-state index in [1.807, 2.05) is 6.92 Å². The van der Waals surface area contributed by atoms with Gasteiger partial charge in [-0.15, -0.1) is 0 Å². The highest BCUT2D eigenvalue weighted by Gasteiger charge is 2.25. The van der Waals surface area contributed by atoms with E-state index in [1.165, 1.54) is 0 Å². The Labute approximate surface area is 194 Å². The van der Waals surface area contributed by atoms with Crippen molar-refractivity contribution in [2.75, 3.05) is 44.5 Å². The van der Waals surface area contributed by atoms with Crippen molar-refractivity contribution in [3.63, 3.8) is 0 Å². The second-order valence-electron chi connectivity index (χ2n) is 8.55. The van der Waals surface area contributed by atoms with E-state index in [4.69, 9.17) is 14.0 Å². The average Bonchev–Trinajstić information content (AvgIpc) is 3.10. The van der Waals surface area contributed by atoms with E-state index in [2.05, 4.69) is 28.0 Å². The SMILES string of the molecule is CO[C@@H]1CN(C)C(=O)c2ccc(NC(=O)Nc3c(C)noc3C)cc2OC[C@H](C)NC[C@H]1C. The molecule has 1 aromatic carbocycles. The van der Waals surface area contributed by atoms with Crippen LogP contribution in [0.25, 0.3) is 0 Å². The number of rotatable bonds is 3. The van der Waals surface area contributed by atoms with Gasteiger partial charge in [0.05, 0.1) is 11.7 Å². The summed E-state index contributed by atoms with van der Waals surface area (Å²) in [5.41, 5.74) is 2.02. The number of urea groups is 1. The van der Waals surface area contributed by atoms with E-state index in [0.29, 0.717) is 47.3 Å². The maximum Gasteiger partial charge on any atom is 0.323 e. The van der Waals surface area contributed by atoms with Crippen LogP contribution < -0.4 is 20.7 Å². The van der Waals surface area contributed by atoms with Crippen LogP contribution in [-0.4, -0.2) is 68.0 Å². The molecule has 0 fully saturated rings. The van der Waals surface area contributed by atoms with E-state index in [1.54, 1.807) is 51.1 Å². The van der Waals surface area contributed by atoms with E-state index in [0.717, 1.165) is 6.54 Å². The number of carbonyl (C=O) groups is 2. The molecule has 1 aliphatic rings. The summed E-state index contributed by atoms with van der Waals surface area (Å²) in [6.07, 6.45) is -0.101. The van der Waals surface area contributed by atoms with Gasteiger partial charge in [-0.05, 0) is 38.8 Å². The van der Waals surface area contributed by atoms with Crippen molar-refractivity contribution in [2.24, 2.45) is 5.92 Å². The Kier molecular flexibility index (Phi) is 7.93. The van der Waals surface area contributed by atoms with Gasteiger partial charge in [0.25, 0.3) is 5.91 Å². The molecule has 1 aromatic heterocycles. The summed E-state index contributed by atoms with van der Waals surface area (Å²) in [7, 11) is 3.41. The molecule has 2 heterocycles. The largest absolute Gasteiger partial charge is 0.491 e. The fraction of sp³-hybridized carbons (Fsp3) is 0.522. The second-order valence-corrected chi connectivity index (χ2v) is 8.55. The minimum atomic E-state index is -0.451. The van der Waals surface area contributed by atoms with Gasteiger partial charge in [-0.25, -0.2) is 4.79 Å². The number of methoxy groups -OCH3 is 1. The number of carbonyl (C=O) groups excluding carboxylic acids is 2. The number of aryl methyl sites for hydroxylation is 2. The lowest BCUT2D eigenvalue weighted by Gasteiger charge is -2.30. The fourth-order valence-corrected chi connectivity index (χ4v) is 3.67. The first-order valence-electron chi connectivity index (χ1n) is 11.0. The van der Waals surface area contributed by atoms with Crippen LogP contribution in [0.4, 0.5) is 16.2 Å². The molecule has 1 aliphatic heterocycles. The van der Waals surface area contributed by atoms with Gasteiger partial charge in [-0.2, -0.15) is 0 Å². The third-order valence-electron chi connectivity index (χ3n) is 5.76. The van der Waals surface area contributed by atoms with E-state index in [9.17, 15) is 9.59 Å². The highest BCUT2D eigenvalue weighted by atomic mass is 16.5. The molecule has 0 unspecified atom stereocenters. The van der Waals surface area contributed by atoms with Crippen LogP contribution in [-0.2, 0) is 4.74 Å². The summed E-state index contributed by atoms with van der Waals surface area (Å²) in [6, 6.07) is 4.60. The summed E-state index contributed by atoms with van der Waals surface area (Å²) in [5, 5.41) is 12.8. The highest BCUT2D eigenvalue weighted by molar-refractivity contribution is 6.02. The minimum absolute atomic E-state index is 0.0597. The molecule has 180 valence electrons. The molecule has 10 heteroatoms. The zero-order chi connectivity index (χ0) is 24.1. The van der Waals surface area contributed by atoms with E-state index >= 15 is 0 Å². The molecular weight excluding hydrogens is 426 g/mol. The van der Waals surface area contributed by atoms with Crippen LogP contribution in [0.1, 0.15) is 35.7 Å². The number of hydrogen-bond acceptors (Lipinski definition) is 7. The predicted molar refractivity (Wildman–Crippen MR) is 125 cm³/mol. The molecular formula is C23H33N5O5. The summed E-state index contributed by atoms with van der Waals surface area (Å²) in [5.74, 6) is 0.960. The Morgan fingerprint density at radius 2 is 2.03 bits per heavy atom. The number of nitrogens with zero attached hydrogens (tertiary/aromatic N) is 2. The molecule has 10 nitrogen and oxygen atoms in total. The van der Waals surface area contributed by atoms with Crippen molar-refractivity contribution in [1.29, 1.82) is 0 Å². The van der Waals surface area contributed by atoms with Gasteiger partial charge in [0.15, 0.2) is 5.76 Å². The van der Waals surface area contributed by atoms with Crippen LogP contribution in [0, 0.1) is 19.8 Å². The first-order valence-corrected chi connectivity index (χ1v) is 11.0. The lowest BCUT2D eigenvalue weighted by Crippen LogP contribution is -2.44. The van der Waals surface area contributed by atoms with Crippen LogP contribution in [0.15, 0.2) is 22.7 Å². The Bertz CT molecular complexity index is 972. The number of benzene rings is 1. The van der Waals surface area contributed by atoms with E-state index < -0.39 is 6.03 Å². The zero-order valence-electron chi connectivity index (χ0n) is 20.0. The number of nitrogens with one attached hydrogen (secondary N) is 3. The quantitative estimate of drug-likeness (QED) is 0.646. The number of likely N-dealkylation sites (N-methyl/N-ethyl adjacent to an activating group) is 1. The lowest BCUT2D eigenvalue weighted by molar-refractivity contribution is 0.0281. The van der Waals surface area contributed by atoms with Gasteiger partial charge in [-0.1, -0.05) is 12.1 Å². The summed E-state index contributed by atoms with van der Waals surface area (Å²) in [4.78, 5) is 27.3. The summed E-state index contributed by atoms with van der Waals surface area (Å²) in [6.45, 7) is 9.13. The Morgan fingerprint density at radius 3 is 2.70 bits per heavy atom. The van der Waals surface area contributed by atoms with Gasteiger partial charge in [-0.3, -0.25) is 4.79 Å². The van der Waals surface area contributed by atoms with Crippen molar-refractivity contribution < 1.29 is 23.6 Å². The normalized spacial score (nSPS) is 21.9. The van der Waals surface area contributed by atoms with Crippen LogP contribution >= 0.6 is 0 Å². The average molecular weight is 460 g/mol. The first-order chi connectivity index (χ1) is 15.7. The molecule has 3 N–H and O–H groups in total. The molecule has 2 aromatic rings. The van der Waals surface area contributed by atoms with Gasteiger partial charge < -0.3 is 34.8 Å². The van der Waals surface area contributed by atoms with Gasteiger partial charge in [0.2, 0.25) is 0 Å². The monoisotopic (exact) mass is 459 g/mol. The topological polar surface area (TPSA) is 118 Å². The number of amides is 3. The second kappa shape index (κ2) is 10.7. The number of aromatic nitrogens is 1. The molecule has 0 radical (unpaired) electrons. The summed E-state index contributed by atoms with van der Waals surface area (Å²) < 4.78 is 16.7. The molecule has 0 aliphatic carbocycles. The molecule has 0 saturated carbocycles. The smallest absolute Gasteiger partial charge is 0.323 e. The Hall–Kier alpha value is -3.11. The number of hydrogen-bond donors (Lipinski definition) is 3. The maximum atomic E-state index is 13.2. The zero-order valence-corrected chi connectivity index (χ0v) is 20.0. The predicted octanol–water partition coefficient (Wildman–Crippen LogP) is 3.03. The number of fused-ring (bicyclic) bond motifs is 1. The molecule has 0 spiro atoms. The highest BCUT2D eigenvalue weighted by Crippen LogP contribution is 2.26. The van der Waals surface area contributed by atoms with Crippen molar-refractivity contribution in [1.82, 2.24) is 15.4 Å². The molecule has 33 heavy (non-hydrogen) atoms. The standard InChI is InChI=1S/C23H33N5O5/c1-13-10-24-14(2)12-32-19-9-17(25-23(30)26-21-15(3)27-33-16(21)4)7-8-18(19)22(29)28(5)11-20(13)31-6/h7-9,13-14,20,24H,10-12H2,1-6H3,(H2,25,26,30)/t13-,14+,20-/m1/s1. The van der Waals surface area contributed by atoms with Crippen molar-refractivity contribution in [2.45, 2.75) is 39.8 Å². The third kappa shape index (κ3) is 6.02. The van der Waals surface area contributed by atoms with Crippen molar-refractivity contribution in [3.8, 4) is 5.75 Å².